The minimum Gasteiger partial charge on any atom is -0.494 e. The van der Waals surface area contributed by atoms with Crippen LogP contribution in [0, 0.1) is 0 Å². The first kappa shape index (κ1) is 22.0. The summed E-state index contributed by atoms with van der Waals surface area (Å²) in [6.45, 7) is 8.08. The van der Waals surface area contributed by atoms with Crippen molar-refractivity contribution in [3.05, 3.63) is 75.6 Å². The summed E-state index contributed by atoms with van der Waals surface area (Å²) < 4.78 is 5.48. The molecule has 1 aliphatic rings. The Bertz CT molecular complexity index is 1130. The van der Waals surface area contributed by atoms with Crippen molar-refractivity contribution in [3.63, 3.8) is 0 Å². The molecule has 0 aliphatic carbocycles. The molecular weight excluding hydrogens is 404 g/mol. The molecule has 1 amide bonds. The Balaban J connectivity index is 1.38. The smallest absolute Gasteiger partial charge is 0.257 e. The van der Waals surface area contributed by atoms with Gasteiger partial charge in [-0.1, -0.05) is 24.3 Å². The van der Waals surface area contributed by atoms with E-state index < -0.39 is 5.91 Å². The maximum atomic E-state index is 12.8. The van der Waals surface area contributed by atoms with Crippen LogP contribution in [0.25, 0.3) is 10.9 Å². The van der Waals surface area contributed by atoms with Crippen LogP contribution < -0.4 is 15.5 Å². The number of hydrogen-bond donors (Lipinski definition) is 2. The molecule has 32 heavy (non-hydrogen) atoms. The number of pyridine rings is 1. The van der Waals surface area contributed by atoms with Crippen LogP contribution in [-0.2, 0) is 13.1 Å². The Labute approximate surface area is 188 Å². The molecule has 1 saturated heterocycles. The van der Waals surface area contributed by atoms with Gasteiger partial charge in [-0.05, 0) is 43.3 Å². The fraction of sp³-hybridized carbons (Fsp3) is 0.360. The quantitative estimate of drug-likeness (QED) is 0.598. The van der Waals surface area contributed by atoms with Crippen LogP contribution in [0.3, 0.4) is 0 Å². The van der Waals surface area contributed by atoms with E-state index in [1.165, 1.54) is 11.8 Å². The van der Waals surface area contributed by atoms with E-state index in [2.05, 4.69) is 39.3 Å². The van der Waals surface area contributed by atoms with Gasteiger partial charge in [0.05, 0.1) is 6.61 Å². The molecule has 2 N–H and O–H groups in total. The molecule has 0 bridgehead atoms. The fourth-order valence-electron chi connectivity index (χ4n) is 3.93. The fourth-order valence-corrected chi connectivity index (χ4v) is 3.93. The summed E-state index contributed by atoms with van der Waals surface area (Å²) in [6, 6.07) is 13.5. The van der Waals surface area contributed by atoms with Crippen molar-refractivity contribution in [2.45, 2.75) is 20.0 Å². The SMILES string of the molecule is CCOc1ccc2[nH]cc(C(=O)NCc3ccc(CN4CCN(C)CC4)cc3)c(=O)c2c1. The molecule has 7 heteroatoms. The van der Waals surface area contributed by atoms with Crippen molar-refractivity contribution in [2.24, 2.45) is 0 Å². The van der Waals surface area contributed by atoms with Crippen molar-refractivity contribution in [2.75, 3.05) is 39.8 Å². The predicted octanol–water partition coefficient (Wildman–Crippen LogP) is 2.60. The first-order chi connectivity index (χ1) is 15.5. The van der Waals surface area contributed by atoms with Crippen LogP contribution in [0.4, 0.5) is 0 Å². The normalized spacial score (nSPS) is 15.1. The number of nitrogens with zero attached hydrogens (tertiary/aromatic N) is 2. The maximum absolute atomic E-state index is 12.8. The van der Waals surface area contributed by atoms with Crippen LogP contribution in [0.15, 0.2) is 53.5 Å². The first-order valence-electron chi connectivity index (χ1n) is 11.1. The molecule has 0 spiro atoms. The molecular formula is C25H30N4O3. The lowest BCUT2D eigenvalue weighted by Crippen LogP contribution is -2.43. The topological polar surface area (TPSA) is 77.7 Å². The predicted molar refractivity (Wildman–Crippen MR) is 126 cm³/mol. The average Bonchev–Trinajstić information content (AvgIpc) is 2.81. The van der Waals surface area contributed by atoms with Crippen LogP contribution in [0.2, 0.25) is 0 Å². The minimum atomic E-state index is -0.392. The molecule has 7 nitrogen and oxygen atoms in total. The highest BCUT2D eigenvalue weighted by atomic mass is 16.5. The lowest BCUT2D eigenvalue weighted by Gasteiger charge is -2.32. The summed E-state index contributed by atoms with van der Waals surface area (Å²) in [6.07, 6.45) is 1.47. The summed E-state index contributed by atoms with van der Waals surface area (Å²) in [4.78, 5) is 33.4. The number of H-pyrrole nitrogens is 1. The first-order valence-corrected chi connectivity index (χ1v) is 11.1. The number of piperazine rings is 1. The molecule has 0 atom stereocenters. The van der Waals surface area contributed by atoms with Crippen molar-refractivity contribution >= 4 is 16.8 Å². The van der Waals surface area contributed by atoms with Gasteiger partial charge in [0, 0.05) is 56.4 Å². The monoisotopic (exact) mass is 434 g/mol. The zero-order valence-corrected chi connectivity index (χ0v) is 18.7. The molecule has 1 aromatic heterocycles. The van der Waals surface area contributed by atoms with Gasteiger partial charge in [-0.15, -0.1) is 0 Å². The van der Waals surface area contributed by atoms with Crippen LogP contribution in [0.1, 0.15) is 28.4 Å². The number of ether oxygens (including phenoxy) is 1. The van der Waals surface area contributed by atoms with E-state index >= 15 is 0 Å². The molecule has 4 rings (SSSR count). The van der Waals surface area contributed by atoms with Crippen molar-refractivity contribution in [1.82, 2.24) is 20.1 Å². The van der Waals surface area contributed by atoms with Gasteiger partial charge in [-0.2, -0.15) is 0 Å². The third-order valence-electron chi connectivity index (χ3n) is 5.89. The molecule has 0 unspecified atom stereocenters. The summed E-state index contributed by atoms with van der Waals surface area (Å²) in [7, 11) is 2.16. The van der Waals surface area contributed by atoms with Crippen molar-refractivity contribution < 1.29 is 9.53 Å². The number of nitrogens with one attached hydrogen (secondary N) is 2. The number of rotatable bonds is 7. The van der Waals surface area contributed by atoms with E-state index in [0.717, 1.165) is 38.3 Å². The van der Waals surface area contributed by atoms with Crippen molar-refractivity contribution in [1.29, 1.82) is 0 Å². The summed E-state index contributed by atoms with van der Waals surface area (Å²) >= 11 is 0. The number of aromatic amines is 1. The van der Waals surface area contributed by atoms with E-state index in [1.807, 2.05) is 19.1 Å². The summed E-state index contributed by atoms with van der Waals surface area (Å²) in [5.74, 6) is 0.219. The van der Waals surface area contributed by atoms with Crippen LogP contribution in [0.5, 0.6) is 5.75 Å². The van der Waals surface area contributed by atoms with Crippen molar-refractivity contribution in [3.8, 4) is 5.75 Å². The molecule has 0 radical (unpaired) electrons. The number of fused-ring (bicyclic) bond motifs is 1. The average molecular weight is 435 g/mol. The molecule has 2 aromatic carbocycles. The summed E-state index contributed by atoms with van der Waals surface area (Å²) in [5.41, 5.74) is 2.72. The van der Waals surface area contributed by atoms with E-state index in [1.54, 1.807) is 18.2 Å². The number of benzene rings is 2. The zero-order chi connectivity index (χ0) is 22.5. The number of carbonyl (C=O) groups excluding carboxylic acids is 1. The van der Waals surface area contributed by atoms with Gasteiger partial charge in [0.25, 0.3) is 5.91 Å². The number of likely N-dealkylation sites (N-methyl/N-ethyl adjacent to an activating group) is 1. The second-order valence-corrected chi connectivity index (χ2v) is 8.25. The number of hydrogen-bond acceptors (Lipinski definition) is 5. The maximum Gasteiger partial charge on any atom is 0.257 e. The Morgan fingerprint density at radius 3 is 2.50 bits per heavy atom. The Hall–Kier alpha value is -3.16. The van der Waals surface area contributed by atoms with Gasteiger partial charge in [0.15, 0.2) is 0 Å². The Morgan fingerprint density at radius 2 is 1.78 bits per heavy atom. The van der Waals surface area contributed by atoms with Gasteiger partial charge in [-0.3, -0.25) is 14.5 Å². The van der Waals surface area contributed by atoms with Gasteiger partial charge in [0.1, 0.15) is 11.3 Å². The lowest BCUT2D eigenvalue weighted by molar-refractivity contribution is 0.0949. The summed E-state index contributed by atoms with van der Waals surface area (Å²) in [5, 5.41) is 3.30. The Morgan fingerprint density at radius 1 is 1.06 bits per heavy atom. The van der Waals surface area contributed by atoms with E-state index in [9.17, 15) is 9.59 Å². The highest BCUT2D eigenvalue weighted by Crippen LogP contribution is 2.17. The lowest BCUT2D eigenvalue weighted by atomic mass is 10.1. The minimum absolute atomic E-state index is 0.0952. The Kier molecular flexibility index (Phi) is 6.87. The molecule has 3 aromatic rings. The third kappa shape index (κ3) is 5.18. The van der Waals surface area contributed by atoms with Gasteiger partial charge < -0.3 is 19.9 Å². The van der Waals surface area contributed by atoms with E-state index in [4.69, 9.17) is 4.74 Å². The molecule has 1 fully saturated rings. The number of aromatic nitrogens is 1. The molecule has 0 saturated carbocycles. The van der Waals surface area contributed by atoms with Gasteiger partial charge in [0.2, 0.25) is 5.43 Å². The third-order valence-corrected chi connectivity index (χ3v) is 5.89. The van der Waals surface area contributed by atoms with Crippen LogP contribution in [-0.4, -0.2) is 60.5 Å². The molecule has 2 heterocycles. The number of carbonyl (C=O) groups is 1. The van der Waals surface area contributed by atoms with Crippen LogP contribution >= 0.6 is 0 Å². The highest BCUT2D eigenvalue weighted by molar-refractivity contribution is 5.97. The molecule has 1 aliphatic heterocycles. The highest BCUT2D eigenvalue weighted by Gasteiger charge is 2.15. The van der Waals surface area contributed by atoms with Gasteiger partial charge in [-0.25, -0.2) is 0 Å². The standard InChI is InChI=1S/C25H30N4O3/c1-3-32-20-8-9-23-21(14-20)24(30)22(16-26-23)25(31)27-15-18-4-6-19(7-5-18)17-29-12-10-28(2)11-13-29/h4-9,14,16H,3,10-13,15,17H2,1-2H3,(H,26,30)(H,27,31). The zero-order valence-electron chi connectivity index (χ0n) is 18.7. The van der Waals surface area contributed by atoms with Gasteiger partial charge >= 0.3 is 0 Å². The van der Waals surface area contributed by atoms with E-state index in [0.29, 0.717) is 29.8 Å². The van der Waals surface area contributed by atoms with E-state index in [-0.39, 0.29) is 11.0 Å². The second-order valence-electron chi connectivity index (χ2n) is 8.25. The largest absolute Gasteiger partial charge is 0.494 e. The molecule has 168 valence electrons. The second kappa shape index (κ2) is 9.97. The number of amides is 1.